The minimum Gasteiger partial charge on any atom is -0.495 e. The second kappa shape index (κ2) is 6.71. The van der Waals surface area contributed by atoms with Gasteiger partial charge in [-0.25, -0.2) is 9.37 Å². The van der Waals surface area contributed by atoms with Crippen LogP contribution in [0.4, 0.5) is 9.52 Å². The monoisotopic (exact) mass is 347 g/mol. The zero-order valence-electron chi connectivity index (χ0n) is 12.9. The Morgan fingerprint density at radius 3 is 2.42 bits per heavy atom. The fourth-order valence-electron chi connectivity index (χ4n) is 2.12. The second-order valence-corrected chi connectivity index (χ2v) is 5.75. The first-order valence-corrected chi connectivity index (χ1v) is 7.77. The highest BCUT2D eigenvalue weighted by molar-refractivity contribution is 7.22. The standard InChI is InChI=1S/C16H14FN3O3S/c1-22-11-7-8-12(23-2)14-13(11)18-16(24-14)20-19-15(21)9-3-5-10(17)6-4-9/h3-8H,1-2H3,(H,18,20)(H,19,21). The quantitative estimate of drug-likeness (QED) is 0.694. The molecule has 2 aromatic carbocycles. The molecule has 124 valence electrons. The van der Waals surface area contributed by atoms with Crippen molar-refractivity contribution in [2.24, 2.45) is 0 Å². The number of amides is 1. The molecule has 1 amide bonds. The van der Waals surface area contributed by atoms with E-state index in [1.54, 1.807) is 26.4 Å². The molecule has 0 aliphatic rings. The van der Waals surface area contributed by atoms with Crippen molar-refractivity contribution in [2.75, 3.05) is 19.6 Å². The molecule has 0 radical (unpaired) electrons. The molecule has 0 saturated heterocycles. The van der Waals surface area contributed by atoms with E-state index in [2.05, 4.69) is 15.8 Å². The van der Waals surface area contributed by atoms with E-state index in [1.165, 1.54) is 35.6 Å². The molecule has 0 unspecified atom stereocenters. The van der Waals surface area contributed by atoms with Gasteiger partial charge in [0.1, 0.15) is 27.5 Å². The highest BCUT2D eigenvalue weighted by Crippen LogP contribution is 2.38. The smallest absolute Gasteiger partial charge is 0.269 e. The van der Waals surface area contributed by atoms with Crippen molar-refractivity contribution in [3.05, 3.63) is 47.8 Å². The molecule has 0 aliphatic carbocycles. The molecule has 3 aromatic rings. The molecule has 2 N–H and O–H groups in total. The summed E-state index contributed by atoms with van der Waals surface area (Å²) in [6.07, 6.45) is 0. The molecule has 0 fully saturated rings. The van der Waals surface area contributed by atoms with Gasteiger partial charge < -0.3 is 9.47 Å². The Kier molecular flexibility index (Phi) is 4.48. The molecule has 0 spiro atoms. The van der Waals surface area contributed by atoms with E-state index < -0.39 is 11.7 Å². The Hall–Kier alpha value is -2.87. The molecule has 0 aliphatic heterocycles. The minimum absolute atomic E-state index is 0.333. The third kappa shape index (κ3) is 3.09. The first-order chi connectivity index (χ1) is 11.6. The highest BCUT2D eigenvalue weighted by Gasteiger charge is 2.14. The summed E-state index contributed by atoms with van der Waals surface area (Å²) in [5.41, 5.74) is 6.25. The normalized spacial score (nSPS) is 10.5. The van der Waals surface area contributed by atoms with Crippen molar-refractivity contribution >= 4 is 32.6 Å². The topological polar surface area (TPSA) is 72.5 Å². The van der Waals surface area contributed by atoms with Crippen LogP contribution in [0, 0.1) is 5.82 Å². The van der Waals surface area contributed by atoms with Crippen LogP contribution in [-0.2, 0) is 0 Å². The number of nitrogens with zero attached hydrogens (tertiary/aromatic N) is 1. The summed E-state index contributed by atoms with van der Waals surface area (Å²) in [5.74, 6) is 0.485. The Morgan fingerprint density at radius 1 is 1.08 bits per heavy atom. The van der Waals surface area contributed by atoms with E-state index in [1.807, 2.05) is 0 Å². The maximum Gasteiger partial charge on any atom is 0.269 e. The van der Waals surface area contributed by atoms with Gasteiger partial charge >= 0.3 is 0 Å². The number of hydrogen-bond acceptors (Lipinski definition) is 6. The molecular formula is C16H14FN3O3S. The van der Waals surface area contributed by atoms with Crippen LogP contribution in [0.3, 0.4) is 0 Å². The number of carbonyl (C=O) groups excluding carboxylic acids is 1. The van der Waals surface area contributed by atoms with E-state index >= 15 is 0 Å². The van der Waals surface area contributed by atoms with Crippen LogP contribution in [0.25, 0.3) is 10.2 Å². The molecule has 8 heteroatoms. The summed E-state index contributed by atoms with van der Waals surface area (Å²) in [4.78, 5) is 16.4. The largest absolute Gasteiger partial charge is 0.495 e. The maximum absolute atomic E-state index is 12.9. The second-order valence-electron chi connectivity index (χ2n) is 4.75. The molecule has 24 heavy (non-hydrogen) atoms. The molecule has 0 atom stereocenters. The predicted octanol–water partition coefficient (Wildman–Crippen LogP) is 3.21. The van der Waals surface area contributed by atoms with Crippen molar-refractivity contribution in [2.45, 2.75) is 0 Å². The Labute approximate surface area is 141 Å². The lowest BCUT2D eigenvalue weighted by atomic mass is 10.2. The average molecular weight is 347 g/mol. The van der Waals surface area contributed by atoms with Gasteiger partial charge in [0.25, 0.3) is 5.91 Å². The first-order valence-electron chi connectivity index (χ1n) is 6.96. The van der Waals surface area contributed by atoms with Crippen LogP contribution in [0.2, 0.25) is 0 Å². The highest BCUT2D eigenvalue weighted by atomic mass is 32.1. The maximum atomic E-state index is 12.9. The lowest BCUT2D eigenvalue weighted by Crippen LogP contribution is -2.29. The number of ether oxygens (including phenoxy) is 2. The van der Waals surface area contributed by atoms with Gasteiger partial charge in [-0.3, -0.25) is 15.6 Å². The number of aromatic nitrogens is 1. The average Bonchev–Trinajstić information content (AvgIpc) is 3.03. The minimum atomic E-state index is -0.398. The number of nitrogens with one attached hydrogen (secondary N) is 2. The van der Waals surface area contributed by atoms with Crippen molar-refractivity contribution in [1.29, 1.82) is 0 Å². The van der Waals surface area contributed by atoms with Crippen LogP contribution in [0.1, 0.15) is 10.4 Å². The van der Waals surface area contributed by atoms with Crippen molar-refractivity contribution in [1.82, 2.24) is 10.4 Å². The van der Waals surface area contributed by atoms with Gasteiger partial charge in [-0.2, -0.15) is 0 Å². The molecule has 0 saturated carbocycles. The molecule has 1 aromatic heterocycles. The number of halogens is 1. The Balaban J connectivity index is 1.80. The van der Waals surface area contributed by atoms with Crippen molar-refractivity contribution in [3.8, 4) is 11.5 Å². The van der Waals surface area contributed by atoms with Crippen LogP contribution < -0.4 is 20.3 Å². The van der Waals surface area contributed by atoms with E-state index in [-0.39, 0.29) is 0 Å². The number of hydrogen-bond donors (Lipinski definition) is 2. The van der Waals surface area contributed by atoms with E-state index in [0.717, 1.165) is 4.70 Å². The number of benzene rings is 2. The van der Waals surface area contributed by atoms with E-state index in [4.69, 9.17) is 9.47 Å². The fourth-order valence-corrected chi connectivity index (χ4v) is 3.05. The Bertz CT molecular complexity index is 839. The van der Waals surface area contributed by atoms with Gasteiger partial charge in [-0.15, -0.1) is 0 Å². The third-order valence-corrected chi connectivity index (χ3v) is 4.28. The Morgan fingerprint density at radius 2 is 1.75 bits per heavy atom. The van der Waals surface area contributed by atoms with Crippen LogP contribution in [-0.4, -0.2) is 25.1 Å². The molecular weight excluding hydrogens is 333 g/mol. The molecule has 0 bridgehead atoms. The van der Waals surface area contributed by atoms with Gasteiger partial charge in [0, 0.05) is 5.56 Å². The summed E-state index contributed by atoms with van der Waals surface area (Å²) >= 11 is 1.32. The third-order valence-electron chi connectivity index (χ3n) is 3.30. The van der Waals surface area contributed by atoms with Crippen LogP contribution in [0.15, 0.2) is 36.4 Å². The summed E-state index contributed by atoms with van der Waals surface area (Å²) in [7, 11) is 3.13. The SMILES string of the molecule is COc1ccc(OC)c2sc(NNC(=O)c3ccc(F)cc3)nc12. The molecule has 1 heterocycles. The summed E-state index contributed by atoms with van der Waals surface area (Å²) in [6, 6.07) is 8.81. The van der Waals surface area contributed by atoms with Crippen molar-refractivity contribution < 1.29 is 18.7 Å². The van der Waals surface area contributed by atoms with E-state index in [9.17, 15) is 9.18 Å². The lowest BCUT2D eigenvalue weighted by Gasteiger charge is -2.05. The number of fused-ring (bicyclic) bond motifs is 1. The molecule has 3 rings (SSSR count). The molecule has 6 nitrogen and oxygen atoms in total. The number of methoxy groups -OCH3 is 2. The summed E-state index contributed by atoms with van der Waals surface area (Å²) in [6.45, 7) is 0. The number of thiazole rings is 1. The first kappa shape index (κ1) is 16.0. The van der Waals surface area contributed by atoms with Gasteiger partial charge in [0.05, 0.1) is 14.2 Å². The van der Waals surface area contributed by atoms with Gasteiger partial charge in [-0.05, 0) is 36.4 Å². The number of anilines is 1. The zero-order valence-corrected chi connectivity index (χ0v) is 13.7. The van der Waals surface area contributed by atoms with Crippen molar-refractivity contribution in [3.63, 3.8) is 0 Å². The fraction of sp³-hybridized carbons (Fsp3) is 0.125. The zero-order chi connectivity index (χ0) is 17.1. The lowest BCUT2D eigenvalue weighted by molar-refractivity contribution is 0.0962. The van der Waals surface area contributed by atoms with Gasteiger partial charge in [0.2, 0.25) is 5.13 Å². The van der Waals surface area contributed by atoms with Crippen LogP contribution in [0.5, 0.6) is 11.5 Å². The van der Waals surface area contributed by atoms with Gasteiger partial charge in [0.15, 0.2) is 0 Å². The van der Waals surface area contributed by atoms with E-state index in [0.29, 0.717) is 27.7 Å². The summed E-state index contributed by atoms with van der Waals surface area (Å²) < 4.78 is 24.3. The number of carbonyl (C=O) groups is 1. The van der Waals surface area contributed by atoms with Crippen LogP contribution >= 0.6 is 11.3 Å². The number of hydrazine groups is 1. The van der Waals surface area contributed by atoms with Gasteiger partial charge in [-0.1, -0.05) is 11.3 Å². The summed E-state index contributed by atoms with van der Waals surface area (Å²) in [5, 5.41) is 0.475. The predicted molar refractivity (Wildman–Crippen MR) is 90.2 cm³/mol. The number of rotatable bonds is 5.